The molecule has 0 fully saturated rings. The largest absolute Gasteiger partial charge is 0.493 e. The lowest BCUT2D eigenvalue weighted by Crippen LogP contribution is -2.36. The van der Waals surface area contributed by atoms with Gasteiger partial charge in [0.15, 0.2) is 23.0 Å². The van der Waals surface area contributed by atoms with Gasteiger partial charge in [-0.1, -0.05) is 6.07 Å². The smallest absolute Gasteiger partial charge is 0.296 e. The molecule has 0 bridgehead atoms. The van der Waals surface area contributed by atoms with Crippen molar-refractivity contribution in [3.8, 4) is 11.5 Å². The Kier molecular flexibility index (Phi) is 7.43. The van der Waals surface area contributed by atoms with Crippen LogP contribution in [-0.4, -0.2) is 36.9 Å². The topological polar surface area (TPSA) is 124 Å². The Morgan fingerprint density at radius 1 is 1.13 bits per heavy atom. The molecule has 1 amide bonds. The van der Waals surface area contributed by atoms with E-state index >= 15 is 0 Å². The summed E-state index contributed by atoms with van der Waals surface area (Å²) >= 11 is 6.13. The molecule has 30 heavy (non-hydrogen) atoms. The molecule has 0 aliphatic carbocycles. The first kappa shape index (κ1) is 22.8. The fraction of sp³-hybridized carbons (Fsp3) is 0.263. The summed E-state index contributed by atoms with van der Waals surface area (Å²) in [5.41, 5.74) is 0.482. The highest BCUT2D eigenvalue weighted by atomic mass is 35.5. The third-order valence-electron chi connectivity index (χ3n) is 4.01. The number of nitro benzene ring substituents is 1. The molecule has 10 nitrogen and oxygen atoms in total. The summed E-state index contributed by atoms with van der Waals surface area (Å²) in [4.78, 5) is 35.3. The highest BCUT2D eigenvalue weighted by Gasteiger charge is 2.29. The van der Waals surface area contributed by atoms with E-state index in [1.54, 1.807) is 13.0 Å². The molecule has 0 aliphatic rings. The summed E-state index contributed by atoms with van der Waals surface area (Å²) < 4.78 is 11.0. The number of carbonyl (C=O) groups is 2. The van der Waals surface area contributed by atoms with Crippen LogP contribution in [0.3, 0.4) is 0 Å². The van der Waals surface area contributed by atoms with Gasteiger partial charge in [-0.3, -0.25) is 19.7 Å². The van der Waals surface area contributed by atoms with Crippen molar-refractivity contribution < 1.29 is 24.0 Å². The average Bonchev–Trinajstić information content (AvgIpc) is 2.73. The van der Waals surface area contributed by atoms with Gasteiger partial charge >= 0.3 is 0 Å². The lowest BCUT2D eigenvalue weighted by atomic mass is 10.2. The minimum atomic E-state index is -1.59. The summed E-state index contributed by atoms with van der Waals surface area (Å²) in [7, 11) is 2.88. The Morgan fingerprint density at radius 3 is 2.37 bits per heavy atom. The van der Waals surface area contributed by atoms with Gasteiger partial charge in [-0.05, 0) is 37.6 Å². The Hall–Kier alpha value is -3.53. The molecule has 1 unspecified atom stereocenters. The highest BCUT2D eigenvalue weighted by molar-refractivity contribution is 6.39. The normalized spacial score (nSPS) is 11.8. The van der Waals surface area contributed by atoms with Crippen LogP contribution in [0.25, 0.3) is 0 Å². The molecule has 1 atom stereocenters. The maximum Gasteiger partial charge on any atom is 0.296 e. The van der Waals surface area contributed by atoms with E-state index in [9.17, 15) is 19.7 Å². The van der Waals surface area contributed by atoms with Crippen molar-refractivity contribution in [3.05, 3.63) is 52.1 Å². The molecule has 0 radical (unpaired) electrons. The maximum atomic E-state index is 12.7. The zero-order chi connectivity index (χ0) is 22.4. The average molecular weight is 435 g/mol. The molecule has 0 aliphatic heterocycles. The molecule has 2 aromatic carbocycles. The Labute approximate surface area is 177 Å². The van der Waals surface area contributed by atoms with Gasteiger partial charge in [-0.15, -0.1) is 5.11 Å². The molecule has 158 valence electrons. The van der Waals surface area contributed by atoms with Crippen LogP contribution in [0.4, 0.5) is 17.1 Å². The Morgan fingerprint density at radius 2 is 1.80 bits per heavy atom. The second-order valence-corrected chi connectivity index (χ2v) is 6.47. The highest BCUT2D eigenvalue weighted by Crippen LogP contribution is 2.33. The standard InChI is InChI=1S/C19H19ClN4O6/c1-11-5-7-14(15(9-11)24(27)28)21-22-18(12(2)25)19(26)23(20)13-6-8-16(29-3)17(10-13)30-4/h5-10,18H,1-4H3. The van der Waals surface area contributed by atoms with Crippen LogP contribution in [0.15, 0.2) is 46.6 Å². The van der Waals surface area contributed by atoms with E-state index in [2.05, 4.69) is 10.2 Å². The number of methoxy groups -OCH3 is 2. The number of nitrogens with zero attached hydrogens (tertiary/aromatic N) is 4. The molecule has 11 heteroatoms. The number of aryl methyl sites for hydroxylation is 1. The zero-order valence-corrected chi connectivity index (χ0v) is 17.4. The van der Waals surface area contributed by atoms with Crippen LogP contribution in [-0.2, 0) is 9.59 Å². The number of nitro groups is 1. The molecule has 2 aromatic rings. The van der Waals surface area contributed by atoms with E-state index in [1.807, 2.05) is 0 Å². The second kappa shape index (κ2) is 9.79. The van der Waals surface area contributed by atoms with Gasteiger partial charge in [0.05, 0.1) is 24.8 Å². The van der Waals surface area contributed by atoms with Crippen LogP contribution in [0.1, 0.15) is 12.5 Å². The number of anilines is 1. The lowest BCUT2D eigenvalue weighted by Gasteiger charge is -2.18. The zero-order valence-electron chi connectivity index (χ0n) is 16.7. The molecule has 0 N–H and O–H groups in total. The summed E-state index contributed by atoms with van der Waals surface area (Å²) in [6.07, 6.45) is 0. The quantitative estimate of drug-likeness (QED) is 0.202. The first-order chi connectivity index (χ1) is 14.2. The molecular formula is C19H19ClN4O6. The summed E-state index contributed by atoms with van der Waals surface area (Å²) in [6.45, 7) is 2.83. The van der Waals surface area contributed by atoms with E-state index in [4.69, 9.17) is 21.3 Å². The van der Waals surface area contributed by atoms with Gasteiger partial charge in [0.1, 0.15) is 0 Å². The van der Waals surface area contributed by atoms with E-state index < -0.39 is 22.7 Å². The van der Waals surface area contributed by atoms with E-state index in [0.29, 0.717) is 21.5 Å². The molecule has 0 saturated heterocycles. The van der Waals surface area contributed by atoms with Crippen molar-refractivity contribution in [2.75, 3.05) is 18.6 Å². The summed E-state index contributed by atoms with van der Waals surface area (Å²) in [5, 5.41) is 18.7. The van der Waals surface area contributed by atoms with Crippen molar-refractivity contribution >= 4 is 40.5 Å². The molecule has 0 saturated carbocycles. The van der Waals surface area contributed by atoms with Crippen LogP contribution >= 0.6 is 11.8 Å². The van der Waals surface area contributed by atoms with Crippen LogP contribution < -0.4 is 13.9 Å². The summed E-state index contributed by atoms with van der Waals surface area (Å²) in [5.74, 6) is -0.766. The number of ketones is 1. The van der Waals surface area contributed by atoms with E-state index in [0.717, 1.165) is 6.92 Å². The Balaban J connectivity index is 2.35. The molecule has 0 heterocycles. The van der Waals surface area contributed by atoms with Gasteiger partial charge in [0, 0.05) is 23.9 Å². The minimum absolute atomic E-state index is 0.0862. The fourth-order valence-electron chi connectivity index (χ4n) is 2.47. The summed E-state index contributed by atoms with van der Waals surface area (Å²) in [6, 6.07) is 7.19. The van der Waals surface area contributed by atoms with Gasteiger partial charge in [-0.2, -0.15) is 5.11 Å². The van der Waals surface area contributed by atoms with Crippen molar-refractivity contribution in [2.24, 2.45) is 10.2 Å². The van der Waals surface area contributed by atoms with E-state index in [1.165, 1.54) is 44.6 Å². The molecule has 2 rings (SSSR count). The second-order valence-electron chi connectivity index (χ2n) is 6.14. The first-order valence-corrected chi connectivity index (χ1v) is 8.91. The molecular weight excluding hydrogens is 416 g/mol. The molecule has 0 spiro atoms. The monoisotopic (exact) mass is 434 g/mol. The number of hydrogen-bond acceptors (Lipinski definition) is 8. The predicted molar refractivity (Wildman–Crippen MR) is 110 cm³/mol. The van der Waals surface area contributed by atoms with Gasteiger partial charge in [0.25, 0.3) is 11.6 Å². The SMILES string of the molecule is COc1ccc(N(Cl)C(=O)C(N=Nc2ccc(C)cc2[N+](=O)[O-])C(C)=O)cc1OC. The van der Waals surface area contributed by atoms with Gasteiger partial charge in [0.2, 0.25) is 6.04 Å². The third kappa shape index (κ3) is 5.09. The number of rotatable bonds is 8. The van der Waals surface area contributed by atoms with Gasteiger partial charge < -0.3 is 9.47 Å². The number of halogens is 1. The number of Topliss-reactive ketones (excluding diaryl/α,β-unsaturated/α-hetero) is 1. The number of amides is 1. The molecule has 0 aromatic heterocycles. The van der Waals surface area contributed by atoms with Crippen LogP contribution in [0.5, 0.6) is 11.5 Å². The van der Waals surface area contributed by atoms with Crippen molar-refractivity contribution in [1.29, 1.82) is 0 Å². The third-order valence-corrected chi connectivity index (χ3v) is 4.38. The number of ether oxygens (including phenoxy) is 2. The van der Waals surface area contributed by atoms with Crippen molar-refractivity contribution in [3.63, 3.8) is 0 Å². The predicted octanol–water partition coefficient (Wildman–Crippen LogP) is 4.15. The maximum absolute atomic E-state index is 12.7. The van der Waals surface area contributed by atoms with Crippen LogP contribution in [0, 0.1) is 17.0 Å². The first-order valence-electron chi connectivity index (χ1n) is 8.57. The minimum Gasteiger partial charge on any atom is -0.493 e. The van der Waals surface area contributed by atoms with E-state index in [-0.39, 0.29) is 17.1 Å². The Bertz CT molecular complexity index is 1010. The number of benzene rings is 2. The lowest BCUT2D eigenvalue weighted by molar-refractivity contribution is -0.384. The van der Waals surface area contributed by atoms with Crippen molar-refractivity contribution in [2.45, 2.75) is 19.9 Å². The van der Waals surface area contributed by atoms with Crippen LogP contribution in [0.2, 0.25) is 0 Å². The van der Waals surface area contributed by atoms with Crippen molar-refractivity contribution in [1.82, 2.24) is 0 Å². The number of carbonyl (C=O) groups excluding carboxylic acids is 2. The fourth-order valence-corrected chi connectivity index (χ4v) is 2.67. The number of azo groups is 1. The number of hydrogen-bond donors (Lipinski definition) is 0. The van der Waals surface area contributed by atoms with Gasteiger partial charge in [-0.25, -0.2) is 4.42 Å².